The van der Waals surface area contributed by atoms with Crippen LogP contribution in [0.1, 0.15) is 39.0 Å². The highest BCUT2D eigenvalue weighted by molar-refractivity contribution is 5.00. The molecule has 0 aromatic heterocycles. The molecule has 0 aliphatic carbocycles. The van der Waals surface area contributed by atoms with Crippen molar-refractivity contribution >= 4 is 0 Å². The van der Waals surface area contributed by atoms with E-state index < -0.39 is 0 Å². The molecule has 2 N–H and O–H groups in total. The summed E-state index contributed by atoms with van der Waals surface area (Å²) in [5, 5.41) is 0. The van der Waals surface area contributed by atoms with E-state index in [2.05, 4.69) is 21.6 Å². The molecule has 3 fully saturated rings. The quantitative estimate of drug-likeness (QED) is 0.832. The van der Waals surface area contributed by atoms with Gasteiger partial charge in [-0.15, -0.1) is 0 Å². The van der Waals surface area contributed by atoms with Gasteiger partial charge in [0.25, 0.3) is 0 Å². The zero-order valence-corrected chi connectivity index (χ0v) is 13.2. The molecule has 3 heterocycles. The van der Waals surface area contributed by atoms with E-state index >= 15 is 0 Å². The molecule has 0 saturated carbocycles. The van der Waals surface area contributed by atoms with Gasteiger partial charge in [0.2, 0.25) is 0 Å². The summed E-state index contributed by atoms with van der Waals surface area (Å²) < 4.78 is 0. The Morgan fingerprint density at radius 2 is 1.75 bits per heavy atom. The van der Waals surface area contributed by atoms with Crippen LogP contribution in [0.2, 0.25) is 0 Å². The molecule has 116 valence electrons. The molecular weight excluding hydrogens is 248 g/mol. The lowest BCUT2D eigenvalue weighted by Crippen LogP contribution is -2.59. The minimum absolute atomic E-state index is 0.306. The topological polar surface area (TPSA) is 35.7 Å². The summed E-state index contributed by atoms with van der Waals surface area (Å²) in [4.78, 5) is 8.05. The minimum atomic E-state index is 0.306. The average Bonchev–Trinajstić information content (AvgIpc) is 3.18. The van der Waals surface area contributed by atoms with E-state index in [1.807, 2.05) is 0 Å². The van der Waals surface area contributed by atoms with Crippen molar-refractivity contribution in [1.82, 2.24) is 14.7 Å². The van der Waals surface area contributed by atoms with E-state index in [0.29, 0.717) is 5.54 Å². The van der Waals surface area contributed by atoms with Gasteiger partial charge in [0.15, 0.2) is 0 Å². The Kier molecular flexibility index (Phi) is 4.65. The molecule has 0 radical (unpaired) electrons. The highest BCUT2D eigenvalue weighted by atomic mass is 15.3. The Morgan fingerprint density at radius 1 is 1.05 bits per heavy atom. The molecule has 0 aromatic carbocycles. The number of rotatable bonds is 4. The zero-order chi connectivity index (χ0) is 14.0. The molecule has 3 aliphatic rings. The summed E-state index contributed by atoms with van der Waals surface area (Å²) in [7, 11) is 0. The van der Waals surface area contributed by atoms with Gasteiger partial charge in [0, 0.05) is 31.2 Å². The summed E-state index contributed by atoms with van der Waals surface area (Å²) in [6.45, 7) is 12.0. The Balaban J connectivity index is 1.59. The highest BCUT2D eigenvalue weighted by Crippen LogP contribution is 2.33. The van der Waals surface area contributed by atoms with Crippen molar-refractivity contribution in [3.8, 4) is 0 Å². The van der Waals surface area contributed by atoms with Gasteiger partial charge in [-0.1, -0.05) is 6.92 Å². The van der Waals surface area contributed by atoms with Crippen molar-refractivity contribution in [3.63, 3.8) is 0 Å². The second-order valence-corrected chi connectivity index (χ2v) is 6.99. The van der Waals surface area contributed by atoms with Crippen LogP contribution < -0.4 is 5.73 Å². The van der Waals surface area contributed by atoms with Crippen molar-refractivity contribution in [1.29, 1.82) is 0 Å². The van der Waals surface area contributed by atoms with E-state index in [4.69, 9.17) is 5.73 Å². The summed E-state index contributed by atoms with van der Waals surface area (Å²) in [6.07, 6.45) is 6.71. The normalized spacial score (nSPS) is 33.0. The molecule has 3 aliphatic heterocycles. The predicted molar refractivity (Wildman–Crippen MR) is 83.9 cm³/mol. The molecule has 0 spiro atoms. The van der Waals surface area contributed by atoms with Crippen LogP contribution in [0.3, 0.4) is 0 Å². The second kappa shape index (κ2) is 6.30. The van der Waals surface area contributed by atoms with E-state index in [1.54, 1.807) is 0 Å². The molecule has 20 heavy (non-hydrogen) atoms. The van der Waals surface area contributed by atoms with Crippen LogP contribution in [0.15, 0.2) is 0 Å². The Morgan fingerprint density at radius 3 is 2.35 bits per heavy atom. The van der Waals surface area contributed by atoms with Gasteiger partial charge in [0.05, 0.1) is 0 Å². The summed E-state index contributed by atoms with van der Waals surface area (Å²) in [5.74, 6) is 0. The molecule has 3 saturated heterocycles. The number of piperidine rings is 1. The summed E-state index contributed by atoms with van der Waals surface area (Å²) >= 11 is 0. The molecule has 0 bridgehead atoms. The smallest absolute Gasteiger partial charge is 0.0356 e. The Labute approximate surface area is 124 Å². The number of nitrogens with zero attached hydrogens (tertiary/aromatic N) is 3. The number of likely N-dealkylation sites (tertiary alicyclic amines) is 3. The van der Waals surface area contributed by atoms with Gasteiger partial charge in [-0.25, -0.2) is 0 Å². The van der Waals surface area contributed by atoms with Crippen molar-refractivity contribution in [2.45, 2.75) is 50.6 Å². The third-order valence-corrected chi connectivity index (χ3v) is 6.11. The van der Waals surface area contributed by atoms with E-state index in [1.165, 1.54) is 77.9 Å². The van der Waals surface area contributed by atoms with Crippen LogP contribution in [0.5, 0.6) is 0 Å². The second-order valence-electron chi connectivity index (χ2n) is 6.99. The van der Waals surface area contributed by atoms with Gasteiger partial charge in [-0.05, 0) is 64.8 Å². The molecular formula is C16H32N4. The summed E-state index contributed by atoms with van der Waals surface area (Å²) in [5.41, 5.74) is 6.54. The molecule has 0 aromatic rings. The maximum Gasteiger partial charge on any atom is 0.0356 e. The van der Waals surface area contributed by atoms with Gasteiger partial charge in [-0.2, -0.15) is 0 Å². The molecule has 4 heteroatoms. The van der Waals surface area contributed by atoms with Gasteiger partial charge >= 0.3 is 0 Å². The van der Waals surface area contributed by atoms with Crippen LogP contribution in [0, 0.1) is 0 Å². The van der Waals surface area contributed by atoms with Gasteiger partial charge < -0.3 is 10.6 Å². The first-order valence-corrected chi connectivity index (χ1v) is 8.69. The van der Waals surface area contributed by atoms with Crippen molar-refractivity contribution in [2.75, 3.05) is 52.4 Å². The highest BCUT2D eigenvalue weighted by Gasteiger charge is 2.42. The van der Waals surface area contributed by atoms with E-state index in [9.17, 15) is 0 Å². The van der Waals surface area contributed by atoms with Crippen molar-refractivity contribution in [3.05, 3.63) is 0 Å². The Hall–Kier alpha value is -0.160. The SMILES string of the molecule is CCN1CCC(CN)(N2CCC(N3CCCC3)C2)CC1. The van der Waals surface area contributed by atoms with Crippen molar-refractivity contribution < 1.29 is 0 Å². The molecule has 1 atom stereocenters. The third kappa shape index (κ3) is 2.76. The van der Waals surface area contributed by atoms with Crippen LogP contribution in [0.25, 0.3) is 0 Å². The summed E-state index contributed by atoms with van der Waals surface area (Å²) in [6, 6.07) is 0.810. The van der Waals surface area contributed by atoms with E-state index in [0.717, 1.165) is 12.6 Å². The van der Waals surface area contributed by atoms with Gasteiger partial charge in [0.1, 0.15) is 0 Å². The third-order valence-electron chi connectivity index (χ3n) is 6.11. The lowest BCUT2D eigenvalue weighted by Gasteiger charge is -2.47. The number of hydrogen-bond donors (Lipinski definition) is 1. The minimum Gasteiger partial charge on any atom is -0.329 e. The average molecular weight is 280 g/mol. The Bertz CT molecular complexity index is 306. The predicted octanol–water partition coefficient (Wildman–Crippen LogP) is 0.970. The van der Waals surface area contributed by atoms with Crippen LogP contribution in [-0.4, -0.2) is 78.6 Å². The van der Waals surface area contributed by atoms with Crippen LogP contribution in [-0.2, 0) is 0 Å². The fourth-order valence-electron chi connectivity index (χ4n) is 4.51. The van der Waals surface area contributed by atoms with Gasteiger partial charge in [-0.3, -0.25) is 9.80 Å². The standard InChI is InChI=1S/C16H32N4/c1-2-18-11-6-16(14-17,7-12-18)20-10-5-15(13-20)19-8-3-4-9-19/h15H,2-14,17H2,1H3. The van der Waals surface area contributed by atoms with Crippen molar-refractivity contribution in [2.24, 2.45) is 5.73 Å². The molecule has 4 nitrogen and oxygen atoms in total. The van der Waals surface area contributed by atoms with Crippen LogP contribution in [0.4, 0.5) is 0 Å². The zero-order valence-electron chi connectivity index (χ0n) is 13.2. The fraction of sp³-hybridized carbons (Fsp3) is 1.00. The first-order chi connectivity index (χ1) is 9.77. The first-order valence-electron chi connectivity index (χ1n) is 8.69. The lowest BCUT2D eigenvalue weighted by atomic mass is 9.86. The van der Waals surface area contributed by atoms with E-state index in [-0.39, 0.29) is 0 Å². The fourth-order valence-corrected chi connectivity index (χ4v) is 4.51. The monoisotopic (exact) mass is 280 g/mol. The van der Waals surface area contributed by atoms with Crippen LogP contribution >= 0.6 is 0 Å². The maximum atomic E-state index is 6.23. The maximum absolute atomic E-state index is 6.23. The lowest BCUT2D eigenvalue weighted by molar-refractivity contribution is 0.0403. The first kappa shape index (κ1) is 14.8. The largest absolute Gasteiger partial charge is 0.329 e. The number of hydrogen-bond acceptors (Lipinski definition) is 4. The number of nitrogens with two attached hydrogens (primary N) is 1. The molecule has 1 unspecified atom stereocenters. The molecule has 0 amide bonds. The molecule has 3 rings (SSSR count).